The summed E-state index contributed by atoms with van der Waals surface area (Å²) in [6.45, 7) is 0.870. The van der Waals surface area contributed by atoms with Crippen molar-refractivity contribution in [2.24, 2.45) is 0 Å². The maximum absolute atomic E-state index is 13.6. The predicted octanol–water partition coefficient (Wildman–Crippen LogP) is 3.43. The summed E-state index contributed by atoms with van der Waals surface area (Å²) in [5.74, 6) is 0.0323. The molecular formula is C24H24F3N7O2S. The fourth-order valence-electron chi connectivity index (χ4n) is 4.54. The summed E-state index contributed by atoms with van der Waals surface area (Å²) in [4.78, 5) is 14.8. The number of benzene rings is 1. The number of hydrogen-bond acceptors (Lipinski definition) is 8. The number of nitrogen functional groups attached to an aromatic ring is 1. The highest BCUT2D eigenvalue weighted by Gasteiger charge is 2.31. The van der Waals surface area contributed by atoms with Gasteiger partial charge in [-0.3, -0.25) is 0 Å². The highest BCUT2D eigenvalue weighted by atomic mass is 32.2. The van der Waals surface area contributed by atoms with Crippen molar-refractivity contribution < 1.29 is 21.6 Å². The van der Waals surface area contributed by atoms with Crippen molar-refractivity contribution in [2.45, 2.75) is 30.0 Å². The van der Waals surface area contributed by atoms with Crippen molar-refractivity contribution in [1.29, 1.82) is 0 Å². The number of nitrogens with zero attached hydrogens (tertiary/aromatic N) is 5. The van der Waals surface area contributed by atoms with Crippen LogP contribution in [0.4, 0.5) is 24.8 Å². The van der Waals surface area contributed by atoms with Crippen LogP contribution >= 0.6 is 0 Å². The van der Waals surface area contributed by atoms with Gasteiger partial charge >= 0.3 is 6.18 Å². The molecule has 194 valence electrons. The molecule has 1 aliphatic heterocycles. The van der Waals surface area contributed by atoms with Gasteiger partial charge in [0.2, 0.25) is 5.95 Å². The Hall–Kier alpha value is -3.71. The molecule has 1 fully saturated rings. The lowest BCUT2D eigenvalue weighted by atomic mass is 10.1. The van der Waals surface area contributed by atoms with Crippen LogP contribution in [0, 0.1) is 0 Å². The van der Waals surface area contributed by atoms with Crippen molar-refractivity contribution in [2.75, 3.05) is 30.3 Å². The first-order valence-corrected chi connectivity index (χ1v) is 13.0. The summed E-state index contributed by atoms with van der Waals surface area (Å²) in [7, 11) is -4.00. The van der Waals surface area contributed by atoms with Crippen LogP contribution < -0.4 is 16.0 Å². The second-order valence-electron chi connectivity index (χ2n) is 8.74. The Balaban J connectivity index is 1.58. The van der Waals surface area contributed by atoms with E-state index >= 15 is 0 Å². The molecule has 3 N–H and O–H groups in total. The average molecular weight is 532 g/mol. The molecular weight excluding hydrogens is 507 g/mol. The summed E-state index contributed by atoms with van der Waals surface area (Å²) in [6, 6.07) is 11.3. The number of alkyl halides is 3. The summed E-state index contributed by atoms with van der Waals surface area (Å²) in [5.41, 5.74) is 7.66. The van der Waals surface area contributed by atoms with Gasteiger partial charge in [-0.1, -0.05) is 18.2 Å². The van der Waals surface area contributed by atoms with Gasteiger partial charge in [0.05, 0.1) is 28.1 Å². The second kappa shape index (κ2) is 9.63. The SMILES string of the molecule is Nc1nccc(-c2cn(S(=O)(=O)c3ccccc3)c3nccc(N4CCC(NCCC(F)(F)F)C4)c23)n1. The number of aromatic nitrogens is 4. The fourth-order valence-corrected chi connectivity index (χ4v) is 5.88. The van der Waals surface area contributed by atoms with Gasteiger partial charge in [0.25, 0.3) is 10.0 Å². The van der Waals surface area contributed by atoms with E-state index in [1.807, 2.05) is 4.90 Å². The molecule has 5 rings (SSSR count). The maximum Gasteiger partial charge on any atom is 0.390 e. The number of pyridine rings is 1. The maximum atomic E-state index is 13.6. The molecule has 0 aliphatic carbocycles. The van der Waals surface area contributed by atoms with Crippen LogP contribution in [-0.4, -0.2) is 59.2 Å². The van der Waals surface area contributed by atoms with Crippen LogP contribution in [-0.2, 0) is 10.0 Å². The van der Waals surface area contributed by atoms with E-state index in [1.54, 1.807) is 30.3 Å². The molecule has 0 spiro atoms. The van der Waals surface area contributed by atoms with Crippen LogP contribution in [0.2, 0.25) is 0 Å². The van der Waals surface area contributed by atoms with E-state index in [0.717, 1.165) is 3.97 Å². The first-order valence-electron chi connectivity index (χ1n) is 11.6. The largest absolute Gasteiger partial charge is 0.390 e. The zero-order valence-corrected chi connectivity index (χ0v) is 20.4. The van der Waals surface area contributed by atoms with Crippen molar-refractivity contribution in [1.82, 2.24) is 24.2 Å². The Bertz CT molecular complexity index is 1520. The standard InChI is InChI=1S/C24H24F3N7O2S/c25-24(26,27)9-12-29-16-8-13-33(14-16)20-7-11-30-22-21(20)18(19-6-10-31-23(28)32-19)15-34(22)37(35,36)17-4-2-1-3-5-17/h1-7,10-11,15-16,29H,8-9,12-14H2,(H2,28,31,32). The van der Waals surface area contributed by atoms with Gasteiger partial charge in [0.15, 0.2) is 5.65 Å². The number of halogens is 3. The second-order valence-corrected chi connectivity index (χ2v) is 10.6. The van der Waals surface area contributed by atoms with Gasteiger partial charge in [0, 0.05) is 49.8 Å². The monoisotopic (exact) mass is 531 g/mol. The van der Waals surface area contributed by atoms with Crippen molar-refractivity contribution in [3.63, 3.8) is 0 Å². The Morgan fingerprint density at radius 3 is 2.57 bits per heavy atom. The first kappa shape index (κ1) is 25.0. The van der Waals surface area contributed by atoms with E-state index in [0.29, 0.717) is 41.8 Å². The average Bonchev–Trinajstić information content (AvgIpc) is 3.49. The number of fused-ring (bicyclic) bond motifs is 1. The molecule has 4 heterocycles. The predicted molar refractivity (Wildman–Crippen MR) is 133 cm³/mol. The number of rotatable bonds is 7. The van der Waals surface area contributed by atoms with E-state index in [-0.39, 0.29) is 29.1 Å². The molecule has 37 heavy (non-hydrogen) atoms. The molecule has 1 aliphatic rings. The topological polar surface area (TPSA) is 119 Å². The molecule has 4 aromatic rings. The molecule has 3 aromatic heterocycles. The molecule has 0 radical (unpaired) electrons. The zero-order chi connectivity index (χ0) is 26.2. The van der Waals surface area contributed by atoms with Gasteiger partial charge in [-0.25, -0.2) is 27.3 Å². The molecule has 1 aromatic carbocycles. The van der Waals surface area contributed by atoms with Crippen molar-refractivity contribution in [3.8, 4) is 11.3 Å². The molecule has 0 saturated carbocycles. The lowest BCUT2D eigenvalue weighted by Gasteiger charge is -2.21. The summed E-state index contributed by atoms with van der Waals surface area (Å²) in [5, 5.41) is 3.53. The van der Waals surface area contributed by atoms with Crippen LogP contribution in [0.1, 0.15) is 12.8 Å². The minimum atomic E-state index is -4.22. The molecule has 1 atom stereocenters. The number of nitrogens with one attached hydrogen (secondary N) is 1. The highest BCUT2D eigenvalue weighted by Crippen LogP contribution is 2.38. The van der Waals surface area contributed by atoms with Crippen LogP contribution in [0.15, 0.2) is 66.0 Å². The fraction of sp³-hybridized carbons (Fsp3) is 0.292. The summed E-state index contributed by atoms with van der Waals surface area (Å²) >= 11 is 0. The van der Waals surface area contributed by atoms with E-state index in [9.17, 15) is 21.6 Å². The van der Waals surface area contributed by atoms with Crippen LogP contribution in [0.3, 0.4) is 0 Å². The third kappa shape index (κ3) is 5.09. The van der Waals surface area contributed by atoms with Gasteiger partial charge in [0.1, 0.15) is 0 Å². The highest BCUT2D eigenvalue weighted by molar-refractivity contribution is 7.90. The van der Waals surface area contributed by atoms with Crippen molar-refractivity contribution in [3.05, 3.63) is 61.1 Å². The first-order chi connectivity index (χ1) is 17.6. The van der Waals surface area contributed by atoms with E-state index in [4.69, 9.17) is 5.73 Å². The number of nitrogens with two attached hydrogens (primary N) is 1. The smallest absolute Gasteiger partial charge is 0.369 e. The zero-order valence-electron chi connectivity index (χ0n) is 19.6. The molecule has 1 unspecified atom stereocenters. The summed E-state index contributed by atoms with van der Waals surface area (Å²) in [6.07, 6.45) is 0.00358. The Labute approximate surface area is 211 Å². The van der Waals surface area contributed by atoms with E-state index in [1.165, 1.54) is 30.7 Å². The quantitative estimate of drug-likeness (QED) is 0.372. The van der Waals surface area contributed by atoms with Crippen LogP contribution in [0.5, 0.6) is 0 Å². The Morgan fingerprint density at radius 1 is 1.08 bits per heavy atom. The van der Waals surface area contributed by atoms with Gasteiger partial charge in [-0.2, -0.15) is 13.2 Å². The Kier molecular flexibility index (Phi) is 6.50. The van der Waals surface area contributed by atoms with Gasteiger partial charge in [-0.15, -0.1) is 0 Å². The van der Waals surface area contributed by atoms with Crippen molar-refractivity contribution >= 4 is 32.7 Å². The van der Waals surface area contributed by atoms with E-state index < -0.39 is 22.6 Å². The minimum Gasteiger partial charge on any atom is -0.369 e. The number of hydrogen-bond donors (Lipinski definition) is 2. The van der Waals surface area contributed by atoms with Gasteiger partial charge in [-0.05, 0) is 30.7 Å². The Morgan fingerprint density at radius 2 is 1.84 bits per heavy atom. The minimum absolute atomic E-state index is 0.0323. The van der Waals surface area contributed by atoms with Gasteiger partial charge < -0.3 is 16.0 Å². The molecule has 0 bridgehead atoms. The third-order valence-corrected chi connectivity index (χ3v) is 7.92. The molecule has 0 amide bonds. The third-order valence-electron chi connectivity index (χ3n) is 6.25. The molecule has 1 saturated heterocycles. The van der Waals surface area contributed by atoms with E-state index in [2.05, 4.69) is 20.3 Å². The lowest BCUT2D eigenvalue weighted by Crippen LogP contribution is -2.34. The van der Waals surface area contributed by atoms with Crippen LogP contribution in [0.25, 0.3) is 22.3 Å². The normalized spacial score (nSPS) is 16.5. The molecule has 9 nitrogen and oxygen atoms in total. The molecule has 13 heteroatoms. The lowest BCUT2D eigenvalue weighted by molar-refractivity contribution is -0.133. The summed E-state index contributed by atoms with van der Waals surface area (Å²) < 4.78 is 66.0. The number of anilines is 2.